The smallest absolute Gasteiger partial charge is 0.306 e. The molecule has 0 saturated carbocycles. The van der Waals surface area contributed by atoms with Gasteiger partial charge in [0.15, 0.2) is 6.10 Å². The van der Waals surface area contributed by atoms with Gasteiger partial charge in [0.05, 0.1) is 0 Å². The minimum absolute atomic E-state index is 0.0660. The van der Waals surface area contributed by atoms with Crippen molar-refractivity contribution >= 4 is 17.9 Å². The van der Waals surface area contributed by atoms with Gasteiger partial charge in [0.25, 0.3) is 0 Å². The molecule has 0 bridgehead atoms. The second-order valence-electron chi connectivity index (χ2n) is 18.4. The van der Waals surface area contributed by atoms with Crippen molar-refractivity contribution in [2.45, 2.75) is 279 Å². The highest BCUT2D eigenvalue weighted by Crippen LogP contribution is 2.18. The Bertz CT molecular complexity index is 887. The van der Waals surface area contributed by atoms with E-state index in [4.69, 9.17) is 14.2 Å². The third-order valence-corrected chi connectivity index (χ3v) is 12.1. The molecule has 57 heavy (non-hydrogen) atoms. The number of ether oxygens (including phenoxy) is 3. The van der Waals surface area contributed by atoms with Crippen molar-refractivity contribution in [2.24, 2.45) is 17.8 Å². The first-order valence-corrected chi connectivity index (χ1v) is 25.2. The molecule has 338 valence electrons. The third kappa shape index (κ3) is 42.3. The number of hydrogen-bond donors (Lipinski definition) is 0. The van der Waals surface area contributed by atoms with Crippen LogP contribution >= 0.6 is 0 Å². The van der Waals surface area contributed by atoms with Crippen LogP contribution < -0.4 is 0 Å². The predicted molar refractivity (Wildman–Crippen MR) is 243 cm³/mol. The molecular weight excluding hydrogens is 709 g/mol. The van der Waals surface area contributed by atoms with E-state index in [9.17, 15) is 14.4 Å². The molecule has 0 aromatic carbocycles. The van der Waals surface area contributed by atoms with Gasteiger partial charge in [-0.25, -0.2) is 0 Å². The van der Waals surface area contributed by atoms with E-state index in [0.717, 1.165) is 75.5 Å². The number of hydrogen-bond acceptors (Lipinski definition) is 6. The normalized spacial score (nSPS) is 13.1. The summed E-state index contributed by atoms with van der Waals surface area (Å²) in [7, 11) is 0. The maximum Gasteiger partial charge on any atom is 0.306 e. The lowest BCUT2D eigenvalue weighted by Gasteiger charge is -2.18. The first-order chi connectivity index (χ1) is 27.7. The molecular formula is C51H98O6. The Morgan fingerprint density at radius 2 is 0.614 bits per heavy atom. The second-order valence-corrected chi connectivity index (χ2v) is 18.4. The van der Waals surface area contributed by atoms with Crippen LogP contribution in [-0.2, 0) is 28.6 Å². The number of carbonyl (C=O) groups excluding carboxylic acids is 3. The Balaban J connectivity index is 4.31. The Morgan fingerprint density at radius 3 is 0.912 bits per heavy atom. The zero-order chi connectivity index (χ0) is 42.0. The largest absolute Gasteiger partial charge is 0.462 e. The molecule has 0 spiro atoms. The lowest BCUT2D eigenvalue weighted by Crippen LogP contribution is -2.30. The number of unbranched alkanes of at least 4 members (excludes halogenated alkanes) is 25. The zero-order valence-corrected chi connectivity index (χ0v) is 39.1. The zero-order valence-electron chi connectivity index (χ0n) is 39.1. The van der Waals surface area contributed by atoms with Gasteiger partial charge in [-0.3, -0.25) is 14.4 Å². The summed E-state index contributed by atoms with van der Waals surface area (Å²) >= 11 is 0. The van der Waals surface area contributed by atoms with Crippen molar-refractivity contribution in [1.29, 1.82) is 0 Å². The van der Waals surface area contributed by atoms with Crippen LogP contribution in [0.1, 0.15) is 273 Å². The van der Waals surface area contributed by atoms with E-state index in [1.807, 2.05) is 0 Å². The number of carbonyl (C=O) groups is 3. The van der Waals surface area contributed by atoms with Crippen LogP contribution in [0.2, 0.25) is 0 Å². The minimum Gasteiger partial charge on any atom is -0.462 e. The fraction of sp³-hybridized carbons (Fsp3) is 0.941. The molecule has 0 aliphatic rings. The average Bonchev–Trinajstić information content (AvgIpc) is 3.19. The molecule has 0 amide bonds. The van der Waals surface area contributed by atoms with Gasteiger partial charge in [-0.15, -0.1) is 0 Å². The average molecular weight is 807 g/mol. The maximum atomic E-state index is 12.8. The standard InChI is InChI=1S/C51H98O6/c1-7-46(5)38-32-26-20-17-18-21-28-34-40-49(52)55-43-48(44-56-50(53)41-35-29-24-23-27-33-39-47(6)8-2)57-51(54)42-36-30-22-16-14-12-10-9-11-13-15-19-25-31-37-45(3)4/h45-48H,7-44H2,1-6H3/t46?,47?,48-/m1/s1. The van der Waals surface area contributed by atoms with Crippen LogP contribution in [0.4, 0.5) is 0 Å². The van der Waals surface area contributed by atoms with Crippen LogP contribution in [0.25, 0.3) is 0 Å². The number of esters is 3. The summed E-state index contributed by atoms with van der Waals surface area (Å²) in [6.07, 6.45) is 40.9. The van der Waals surface area contributed by atoms with Gasteiger partial charge >= 0.3 is 17.9 Å². The first-order valence-electron chi connectivity index (χ1n) is 25.2. The molecule has 0 aliphatic heterocycles. The summed E-state index contributed by atoms with van der Waals surface area (Å²) in [6.45, 7) is 13.7. The Morgan fingerprint density at radius 1 is 0.351 bits per heavy atom. The molecule has 2 unspecified atom stereocenters. The fourth-order valence-electron chi connectivity index (χ4n) is 7.52. The lowest BCUT2D eigenvalue weighted by molar-refractivity contribution is -0.167. The highest BCUT2D eigenvalue weighted by atomic mass is 16.6. The van der Waals surface area contributed by atoms with Crippen LogP contribution in [0.5, 0.6) is 0 Å². The van der Waals surface area contributed by atoms with Crippen LogP contribution in [0, 0.1) is 17.8 Å². The summed E-state index contributed by atoms with van der Waals surface area (Å²) in [5.74, 6) is 1.65. The topological polar surface area (TPSA) is 78.9 Å². The summed E-state index contributed by atoms with van der Waals surface area (Å²) in [4.78, 5) is 37.9. The van der Waals surface area contributed by atoms with E-state index in [1.54, 1.807) is 0 Å². The van der Waals surface area contributed by atoms with E-state index in [0.29, 0.717) is 19.3 Å². The Labute approximate surface area is 355 Å². The highest BCUT2D eigenvalue weighted by molar-refractivity contribution is 5.71. The van der Waals surface area contributed by atoms with E-state index >= 15 is 0 Å². The quantitative estimate of drug-likeness (QED) is 0.0347. The van der Waals surface area contributed by atoms with E-state index < -0.39 is 6.10 Å². The molecule has 6 heteroatoms. The van der Waals surface area contributed by atoms with Gasteiger partial charge in [0, 0.05) is 19.3 Å². The summed E-state index contributed by atoms with van der Waals surface area (Å²) in [5.41, 5.74) is 0. The molecule has 0 aromatic rings. The minimum atomic E-state index is -0.763. The van der Waals surface area contributed by atoms with Crippen molar-refractivity contribution in [1.82, 2.24) is 0 Å². The van der Waals surface area contributed by atoms with Crippen molar-refractivity contribution in [3.63, 3.8) is 0 Å². The van der Waals surface area contributed by atoms with E-state index in [-0.39, 0.29) is 31.1 Å². The second kappa shape index (κ2) is 42.5. The molecule has 0 N–H and O–H groups in total. The highest BCUT2D eigenvalue weighted by Gasteiger charge is 2.19. The van der Waals surface area contributed by atoms with Gasteiger partial charge in [0.2, 0.25) is 0 Å². The number of rotatable bonds is 44. The first kappa shape index (κ1) is 55.4. The molecule has 0 fully saturated rings. The molecule has 0 aromatic heterocycles. The lowest BCUT2D eigenvalue weighted by atomic mass is 9.99. The van der Waals surface area contributed by atoms with Crippen LogP contribution in [-0.4, -0.2) is 37.2 Å². The van der Waals surface area contributed by atoms with Crippen molar-refractivity contribution < 1.29 is 28.6 Å². The molecule has 6 nitrogen and oxygen atoms in total. The molecule has 0 saturated heterocycles. The summed E-state index contributed by atoms with van der Waals surface area (Å²) < 4.78 is 16.8. The SMILES string of the molecule is CCC(C)CCCCCCCCCCC(=O)OC[C@H](COC(=O)CCCCCCCCC(C)CC)OC(=O)CCCCCCCCCCCCCCCCC(C)C. The van der Waals surface area contributed by atoms with E-state index in [2.05, 4.69) is 41.5 Å². The Kier molecular flexibility index (Phi) is 41.3. The summed E-state index contributed by atoms with van der Waals surface area (Å²) in [6, 6.07) is 0. The van der Waals surface area contributed by atoms with Crippen molar-refractivity contribution in [2.75, 3.05) is 13.2 Å². The monoisotopic (exact) mass is 807 g/mol. The van der Waals surface area contributed by atoms with Gasteiger partial charge in [-0.05, 0) is 37.0 Å². The van der Waals surface area contributed by atoms with Crippen LogP contribution in [0.3, 0.4) is 0 Å². The maximum absolute atomic E-state index is 12.8. The molecule has 0 aliphatic carbocycles. The molecule has 0 radical (unpaired) electrons. The Hall–Kier alpha value is -1.59. The van der Waals surface area contributed by atoms with Gasteiger partial charge in [0.1, 0.15) is 13.2 Å². The third-order valence-electron chi connectivity index (χ3n) is 12.1. The van der Waals surface area contributed by atoms with Crippen LogP contribution in [0.15, 0.2) is 0 Å². The van der Waals surface area contributed by atoms with Crippen molar-refractivity contribution in [3.8, 4) is 0 Å². The molecule has 0 heterocycles. The van der Waals surface area contributed by atoms with Gasteiger partial charge < -0.3 is 14.2 Å². The molecule has 3 atom stereocenters. The van der Waals surface area contributed by atoms with E-state index in [1.165, 1.54) is 154 Å². The molecule has 0 rings (SSSR count). The fourth-order valence-corrected chi connectivity index (χ4v) is 7.52. The summed E-state index contributed by atoms with van der Waals surface area (Å²) in [5, 5.41) is 0. The predicted octanol–water partition coefficient (Wildman–Crippen LogP) is 16.0. The van der Waals surface area contributed by atoms with Gasteiger partial charge in [-0.2, -0.15) is 0 Å². The van der Waals surface area contributed by atoms with Gasteiger partial charge in [-0.1, -0.05) is 234 Å². The van der Waals surface area contributed by atoms with Crippen molar-refractivity contribution in [3.05, 3.63) is 0 Å².